The highest BCUT2D eigenvalue weighted by Crippen LogP contribution is 2.27. The van der Waals surface area contributed by atoms with Crippen LogP contribution in [0, 0.1) is 5.82 Å². The van der Waals surface area contributed by atoms with Gasteiger partial charge in [0.2, 0.25) is 0 Å². The summed E-state index contributed by atoms with van der Waals surface area (Å²) in [6.07, 6.45) is 1.05. The van der Waals surface area contributed by atoms with Gasteiger partial charge in [-0.3, -0.25) is 0 Å². The molecule has 0 aliphatic heterocycles. The maximum absolute atomic E-state index is 13.3. The van der Waals surface area contributed by atoms with Crippen molar-refractivity contribution in [3.8, 4) is 0 Å². The quantitative estimate of drug-likeness (QED) is 0.783. The SMILES string of the molecule is CCCNC(CSC(C)C)c1cc(F)ccc1Cl. The monoisotopic (exact) mass is 289 g/mol. The van der Waals surface area contributed by atoms with Crippen LogP contribution in [0.2, 0.25) is 5.02 Å². The van der Waals surface area contributed by atoms with Gasteiger partial charge in [0.15, 0.2) is 0 Å². The summed E-state index contributed by atoms with van der Waals surface area (Å²) in [5, 5.41) is 4.63. The molecular weight excluding hydrogens is 269 g/mol. The van der Waals surface area contributed by atoms with Crippen molar-refractivity contribution in [3.05, 3.63) is 34.6 Å². The van der Waals surface area contributed by atoms with Gasteiger partial charge in [-0.15, -0.1) is 0 Å². The average Bonchev–Trinajstić information content (AvgIpc) is 2.32. The van der Waals surface area contributed by atoms with E-state index < -0.39 is 0 Å². The zero-order valence-electron chi connectivity index (χ0n) is 11.2. The lowest BCUT2D eigenvalue weighted by Crippen LogP contribution is -2.25. The Kier molecular flexibility index (Phi) is 7.05. The average molecular weight is 290 g/mol. The molecule has 102 valence electrons. The molecule has 1 atom stereocenters. The van der Waals surface area contributed by atoms with Crippen molar-refractivity contribution in [1.82, 2.24) is 5.32 Å². The Balaban J connectivity index is 2.82. The molecule has 4 heteroatoms. The Bertz CT molecular complexity index is 371. The summed E-state index contributed by atoms with van der Waals surface area (Å²) in [7, 11) is 0. The second-order valence-electron chi connectivity index (χ2n) is 4.55. The summed E-state index contributed by atoms with van der Waals surface area (Å²) in [6, 6.07) is 4.68. The molecule has 1 aromatic rings. The van der Waals surface area contributed by atoms with Gasteiger partial charge >= 0.3 is 0 Å². The summed E-state index contributed by atoms with van der Waals surface area (Å²) < 4.78 is 13.3. The van der Waals surface area contributed by atoms with Gasteiger partial charge in [-0.2, -0.15) is 11.8 Å². The van der Waals surface area contributed by atoms with Crippen molar-refractivity contribution in [2.75, 3.05) is 12.3 Å². The van der Waals surface area contributed by atoms with Crippen LogP contribution >= 0.6 is 23.4 Å². The van der Waals surface area contributed by atoms with Crippen LogP contribution in [0.5, 0.6) is 0 Å². The minimum Gasteiger partial charge on any atom is -0.309 e. The minimum atomic E-state index is -0.229. The molecule has 1 nitrogen and oxygen atoms in total. The van der Waals surface area contributed by atoms with Crippen molar-refractivity contribution >= 4 is 23.4 Å². The maximum Gasteiger partial charge on any atom is 0.123 e. The third-order valence-electron chi connectivity index (χ3n) is 2.57. The Morgan fingerprint density at radius 2 is 2.11 bits per heavy atom. The fraction of sp³-hybridized carbons (Fsp3) is 0.571. The molecule has 1 rings (SSSR count). The molecule has 1 aromatic carbocycles. The number of benzene rings is 1. The Morgan fingerprint density at radius 1 is 1.39 bits per heavy atom. The largest absolute Gasteiger partial charge is 0.309 e. The molecule has 0 amide bonds. The first kappa shape index (κ1) is 15.8. The maximum atomic E-state index is 13.3. The van der Waals surface area contributed by atoms with Gasteiger partial charge in [-0.25, -0.2) is 4.39 Å². The molecule has 1 unspecified atom stereocenters. The lowest BCUT2D eigenvalue weighted by atomic mass is 10.1. The predicted octanol–water partition coefficient (Wildman–Crippen LogP) is 4.66. The van der Waals surface area contributed by atoms with E-state index in [0.717, 1.165) is 24.3 Å². The number of hydrogen-bond acceptors (Lipinski definition) is 2. The van der Waals surface area contributed by atoms with Gasteiger partial charge in [-0.1, -0.05) is 32.4 Å². The third-order valence-corrected chi connectivity index (χ3v) is 4.11. The number of thioether (sulfide) groups is 1. The van der Waals surface area contributed by atoms with Gasteiger partial charge < -0.3 is 5.32 Å². The van der Waals surface area contributed by atoms with Gasteiger partial charge in [0.1, 0.15) is 5.82 Å². The third kappa shape index (κ3) is 5.17. The van der Waals surface area contributed by atoms with Crippen LogP contribution < -0.4 is 5.32 Å². The van der Waals surface area contributed by atoms with Crippen LogP contribution in [-0.2, 0) is 0 Å². The highest BCUT2D eigenvalue weighted by molar-refractivity contribution is 7.99. The van der Waals surface area contributed by atoms with E-state index in [1.807, 2.05) is 11.8 Å². The number of halogens is 2. The van der Waals surface area contributed by atoms with Crippen LogP contribution in [0.1, 0.15) is 38.8 Å². The molecule has 0 aliphatic carbocycles. The van der Waals surface area contributed by atoms with Crippen molar-refractivity contribution < 1.29 is 4.39 Å². The number of rotatable bonds is 7. The second kappa shape index (κ2) is 8.03. The summed E-state index contributed by atoms with van der Waals surface area (Å²) in [6.45, 7) is 7.35. The summed E-state index contributed by atoms with van der Waals surface area (Å²) in [5.41, 5.74) is 0.860. The second-order valence-corrected chi connectivity index (χ2v) is 6.57. The van der Waals surface area contributed by atoms with E-state index >= 15 is 0 Å². The molecule has 0 radical (unpaired) electrons. The summed E-state index contributed by atoms with van der Waals surface area (Å²) in [5.74, 6) is 0.674. The van der Waals surface area contributed by atoms with Gasteiger partial charge in [0.05, 0.1) is 0 Å². The first-order valence-corrected chi connectivity index (χ1v) is 7.77. The van der Waals surface area contributed by atoms with Gasteiger partial charge in [0, 0.05) is 16.8 Å². The van der Waals surface area contributed by atoms with Crippen LogP contribution in [0.3, 0.4) is 0 Å². The Labute approximate surface area is 118 Å². The molecule has 18 heavy (non-hydrogen) atoms. The lowest BCUT2D eigenvalue weighted by molar-refractivity contribution is 0.568. The zero-order chi connectivity index (χ0) is 13.5. The topological polar surface area (TPSA) is 12.0 Å². The van der Waals surface area contributed by atoms with Crippen molar-refractivity contribution in [2.24, 2.45) is 0 Å². The molecule has 0 aliphatic rings. The standard InChI is InChI=1S/C14H21ClFNS/c1-4-7-17-14(9-18-10(2)3)12-8-11(16)5-6-13(12)15/h5-6,8,10,14,17H,4,7,9H2,1-3H3. The molecule has 0 bridgehead atoms. The highest BCUT2D eigenvalue weighted by Gasteiger charge is 2.15. The molecule has 0 saturated heterocycles. The van der Waals surface area contributed by atoms with E-state index in [-0.39, 0.29) is 11.9 Å². The van der Waals surface area contributed by atoms with Crippen LogP contribution in [-0.4, -0.2) is 17.5 Å². The van der Waals surface area contributed by atoms with Crippen molar-refractivity contribution in [3.63, 3.8) is 0 Å². The predicted molar refractivity (Wildman–Crippen MR) is 80.0 cm³/mol. The molecule has 0 spiro atoms. The van der Waals surface area contributed by atoms with Gasteiger partial charge in [-0.05, 0) is 42.0 Å². The van der Waals surface area contributed by atoms with E-state index in [4.69, 9.17) is 11.6 Å². The first-order valence-electron chi connectivity index (χ1n) is 6.34. The summed E-state index contributed by atoms with van der Waals surface area (Å²) in [4.78, 5) is 0. The minimum absolute atomic E-state index is 0.112. The number of hydrogen-bond donors (Lipinski definition) is 1. The van der Waals surface area contributed by atoms with E-state index in [1.165, 1.54) is 12.1 Å². The van der Waals surface area contributed by atoms with E-state index in [2.05, 4.69) is 26.1 Å². The Hall–Kier alpha value is -0.250. The fourth-order valence-electron chi connectivity index (χ4n) is 1.65. The van der Waals surface area contributed by atoms with Crippen LogP contribution in [0.25, 0.3) is 0 Å². The molecule has 1 N–H and O–H groups in total. The fourth-order valence-corrected chi connectivity index (χ4v) is 2.77. The Morgan fingerprint density at radius 3 is 2.72 bits per heavy atom. The van der Waals surface area contributed by atoms with Crippen molar-refractivity contribution in [2.45, 2.75) is 38.5 Å². The number of nitrogens with one attached hydrogen (secondary N) is 1. The highest BCUT2D eigenvalue weighted by atomic mass is 35.5. The molecule has 0 aromatic heterocycles. The van der Waals surface area contributed by atoms with E-state index in [1.54, 1.807) is 6.07 Å². The lowest BCUT2D eigenvalue weighted by Gasteiger charge is -2.21. The van der Waals surface area contributed by atoms with E-state index in [9.17, 15) is 4.39 Å². The van der Waals surface area contributed by atoms with E-state index in [0.29, 0.717) is 10.3 Å². The molecule has 0 fully saturated rings. The van der Waals surface area contributed by atoms with Crippen LogP contribution in [0.4, 0.5) is 4.39 Å². The van der Waals surface area contributed by atoms with Gasteiger partial charge in [0.25, 0.3) is 0 Å². The zero-order valence-corrected chi connectivity index (χ0v) is 12.7. The normalized spacial score (nSPS) is 13.0. The molecule has 0 heterocycles. The van der Waals surface area contributed by atoms with Crippen molar-refractivity contribution in [1.29, 1.82) is 0 Å². The molecule has 0 saturated carbocycles. The summed E-state index contributed by atoms with van der Waals surface area (Å²) >= 11 is 8.02. The van der Waals surface area contributed by atoms with Crippen LogP contribution in [0.15, 0.2) is 18.2 Å². The molecular formula is C14H21ClFNS. The smallest absolute Gasteiger partial charge is 0.123 e. The first-order chi connectivity index (χ1) is 8.54.